The van der Waals surface area contributed by atoms with Crippen molar-refractivity contribution in [2.24, 2.45) is 0 Å². The van der Waals surface area contributed by atoms with Crippen molar-refractivity contribution < 1.29 is 19.1 Å². The topological polar surface area (TPSA) is 75.7 Å². The highest BCUT2D eigenvalue weighted by Gasteiger charge is 2.20. The number of esters is 1. The van der Waals surface area contributed by atoms with Crippen molar-refractivity contribution in [1.29, 1.82) is 0 Å². The summed E-state index contributed by atoms with van der Waals surface area (Å²) in [6, 6.07) is 24.3. The van der Waals surface area contributed by atoms with Crippen LogP contribution in [0.15, 0.2) is 93.5 Å². The van der Waals surface area contributed by atoms with Gasteiger partial charge in [0.1, 0.15) is 0 Å². The summed E-state index contributed by atoms with van der Waals surface area (Å²) in [7, 11) is 0. The van der Waals surface area contributed by atoms with Crippen molar-refractivity contribution in [3.8, 4) is 0 Å². The number of hydrogen-bond donors (Lipinski definition) is 1. The number of nitrogens with zero attached hydrogens (tertiary/aromatic N) is 1. The number of hydrogen-bond acceptors (Lipinski definition) is 6. The summed E-state index contributed by atoms with van der Waals surface area (Å²) in [5.41, 5.74) is 0.998. The smallest absolute Gasteiger partial charge is 0.339 e. The van der Waals surface area contributed by atoms with Gasteiger partial charge < -0.3 is 15.0 Å². The highest BCUT2D eigenvalue weighted by Crippen LogP contribution is 2.33. The standard InChI is InChI=1S/C27H26N2O4S2/c30-25(28-22-13-5-7-15-24(22)35-20-10-2-1-3-11-20)18-33-27(32)21-12-4-6-14-23(21)34-19-26(31)29-16-8-9-17-29/h1-7,10-15H,8-9,16-19H2,(H,28,30). The van der Waals surface area contributed by atoms with Crippen LogP contribution < -0.4 is 5.32 Å². The molecule has 0 radical (unpaired) electrons. The zero-order valence-electron chi connectivity index (χ0n) is 19.1. The molecule has 0 atom stereocenters. The van der Waals surface area contributed by atoms with Crippen LogP contribution in [-0.4, -0.2) is 48.1 Å². The normalized spacial score (nSPS) is 12.9. The van der Waals surface area contributed by atoms with E-state index in [2.05, 4.69) is 5.32 Å². The van der Waals surface area contributed by atoms with Gasteiger partial charge in [-0.2, -0.15) is 0 Å². The maximum absolute atomic E-state index is 12.7. The number of anilines is 1. The quantitative estimate of drug-likeness (QED) is 0.312. The Bertz CT molecular complexity index is 1180. The number of benzene rings is 3. The second kappa shape index (κ2) is 12.5. The van der Waals surface area contributed by atoms with Gasteiger partial charge in [-0.1, -0.05) is 54.2 Å². The number of carbonyl (C=O) groups excluding carboxylic acids is 3. The fourth-order valence-corrected chi connectivity index (χ4v) is 5.49. The molecule has 0 aromatic heterocycles. The first-order chi connectivity index (χ1) is 17.1. The van der Waals surface area contributed by atoms with Gasteiger partial charge in [0.05, 0.1) is 17.0 Å². The Morgan fingerprint density at radius 1 is 0.829 bits per heavy atom. The molecule has 35 heavy (non-hydrogen) atoms. The van der Waals surface area contributed by atoms with Gasteiger partial charge in [-0.15, -0.1) is 11.8 Å². The minimum atomic E-state index is -0.594. The zero-order chi connectivity index (χ0) is 24.5. The summed E-state index contributed by atoms with van der Waals surface area (Å²) in [6.07, 6.45) is 2.08. The molecule has 6 nitrogen and oxygen atoms in total. The molecule has 180 valence electrons. The number of amides is 2. The maximum Gasteiger partial charge on any atom is 0.339 e. The van der Waals surface area contributed by atoms with Crippen LogP contribution in [0.2, 0.25) is 0 Å². The van der Waals surface area contributed by atoms with Crippen molar-refractivity contribution in [2.75, 3.05) is 30.8 Å². The zero-order valence-corrected chi connectivity index (χ0v) is 20.8. The van der Waals surface area contributed by atoms with Crippen molar-refractivity contribution in [3.05, 3.63) is 84.4 Å². The Balaban J connectivity index is 1.32. The van der Waals surface area contributed by atoms with Crippen LogP contribution in [0, 0.1) is 0 Å². The molecule has 0 aliphatic carbocycles. The Morgan fingerprint density at radius 2 is 1.49 bits per heavy atom. The largest absolute Gasteiger partial charge is 0.452 e. The predicted molar refractivity (Wildman–Crippen MR) is 139 cm³/mol. The molecule has 3 aromatic rings. The third-order valence-electron chi connectivity index (χ3n) is 5.38. The van der Waals surface area contributed by atoms with Gasteiger partial charge in [-0.25, -0.2) is 4.79 Å². The highest BCUT2D eigenvalue weighted by atomic mass is 32.2. The molecular weight excluding hydrogens is 480 g/mol. The lowest BCUT2D eigenvalue weighted by atomic mass is 10.2. The number of nitrogens with one attached hydrogen (secondary N) is 1. The molecule has 0 saturated carbocycles. The molecule has 4 rings (SSSR count). The number of para-hydroxylation sites is 1. The summed E-state index contributed by atoms with van der Waals surface area (Å²) in [5, 5.41) is 2.83. The monoisotopic (exact) mass is 506 g/mol. The minimum Gasteiger partial charge on any atom is -0.452 e. The van der Waals surface area contributed by atoms with E-state index in [-0.39, 0.29) is 11.7 Å². The number of ether oxygens (including phenoxy) is 1. The lowest BCUT2D eigenvalue weighted by molar-refractivity contribution is -0.127. The summed E-state index contributed by atoms with van der Waals surface area (Å²) in [5.74, 6) is -0.680. The van der Waals surface area contributed by atoms with Gasteiger partial charge in [-0.05, 0) is 49.2 Å². The van der Waals surface area contributed by atoms with Crippen LogP contribution in [0.25, 0.3) is 0 Å². The third kappa shape index (κ3) is 7.13. The summed E-state index contributed by atoms with van der Waals surface area (Å²) in [4.78, 5) is 42.1. The molecule has 0 spiro atoms. The van der Waals surface area contributed by atoms with Gasteiger partial charge in [0.15, 0.2) is 6.61 Å². The van der Waals surface area contributed by atoms with E-state index in [4.69, 9.17) is 4.74 Å². The molecule has 1 fully saturated rings. The second-order valence-electron chi connectivity index (χ2n) is 7.91. The van der Waals surface area contributed by atoms with Crippen LogP contribution in [-0.2, 0) is 14.3 Å². The minimum absolute atomic E-state index is 0.0714. The molecule has 3 aromatic carbocycles. The van der Waals surface area contributed by atoms with Gasteiger partial charge in [0.2, 0.25) is 5.91 Å². The van der Waals surface area contributed by atoms with E-state index in [1.807, 2.05) is 65.6 Å². The first-order valence-electron chi connectivity index (χ1n) is 11.4. The third-order valence-corrected chi connectivity index (χ3v) is 7.53. The predicted octanol–water partition coefficient (Wildman–Crippen LogP) is 5.35. The van der Waals surface area contributed by atoms with Gasteiger partial charge in [0, 0.05) is 27.8 Å². The molecule has 1 heterocycles. The SMILES string of the molecule is O=C(COC(=O)c1ccccc1SCC(=O)N1CCCC1)Nc1ccccc1Sc1ccccc1. The van der Waals surface area contributed by atoms with E-state index < -0.39 is 18.5 Å². The summed E-state index contributed by atoms with van der Waals surface area (Å²) >= 11 is 2.85. The molecule has 1 aliphatic heterocycles. The summed E-state index contributed by atoms with van der Waals surface area (Å²) < 4.78 is 5.30. The molecule has 2 amide bonds. The van der Waals surface area contributed by atoms with Crippen molar-refractivity contribution in [1.82, 2.24) is 4.90 Å². The first kappa shape index (κ1) is 24.9. The van der Waals surface area contributed by atoms with Crippen LogP contribution in [0.5, 0.6) is 0 Å². The van der Waals surface area contributed by atoms with Gasteiger partial charge >= 0.3 is 5.97 Å². The van der Waals surface area contributed by atoms with Crippen LogP contribution in [0.4, 0.5) is 5.69 Å². The number of rotatable bonds is 9. The molecule has 0 bridgehead atoms. The van der Waals surface area contributed by atoms with Crippen LogP contribution >= 0.6 is 23.5 Å². The molecule has 8 heteroatoms. The second-order valence-corrected chi connectivity index (χ2v) is 10.0. The fraction of sp³-hybridized carbons (Fsp3) is 0.222. The average molecular weight is 507 g/mol. The Hall–Kier alpha value is -3.23. The first-order valence-corrected chi connectivity index (χ1v) is 13.2. The maximum atomic E-state index is 12.7. The van der Waals surface area contributed by atoms with Crippen molar-refractivity contribution in [2.45, 2.75) is 27.5 Å². The Morgan fingerprint density at radius 3 is 2.26 bits per heavy atom. The summed E-state index contributed by atoms with van der Waals surface area (Å²) in [6.45, 7) is 1.19. The molecule has 1 N–H and O–H groups in total. The van der Waals surface area contributed by atoms with E-state index in [1.54, 1.807) is 18.2 Å². The molecular formula is C27H26N2O4S2. The Kier molecular flexibility index (Phi) is 8.86. The molecule has 1 aliphatic rings. The highest BCUT2D eigenvalue weighted by molar-refractivity contribution is 8.00. The molecule has 0 unspecified atom stereocenters. The van der Waals surface area contributed by atoms with Gasteiger partial charge in [-0.3, -0.25) is 9.59 Å². The lowest BCUT2D eigenvalue weighted by Crippen LogP contribution is -2.29. The molecule has 1 saturated heterocycles. The number of carbonyl (C=O) groups is 3. The van der Waals surface area contributed by atoms with Crippen LogP contribution in [0.3, 0.4) is 0 Å². The Labute approximate surface area is 213 Å². The van der Waals surface area contributed by atoms with Crippen LogP contribution in [0.1, 0.15) is 23.2 Å². The van der Waals surface area contributed by atoms with E-state index in [9.17, 15) is 14.4 Å². The van der Waals surface area contributed by atoms with Gasteiger partial charge in [0.25, 0.3) is 5.91 Å². The van der Waals surface area contributed by atoms with E-state index in [0.29, 0.717) is 16.1 Å². The van der Waals surface area contributed by atoms with E-state index in [1.165, 1.54) is 23.5 Å². The van der Waals surface area contributed by atoms with Crippen molar-refractivity contribution >= 4 is 47.0 Å². The lowest BCUT2D eigenvalue weighted by Gasteiger charge is -2.15. The average Bonchev–Trinajstić information content (AvgIpc) is 3.43. The number of thioether (sulfide) groups is 1. The van der Waals surface area contributed by atoms with E-state index in [0.717, 1.165) is 35.7 Å². The number of likely N-dealkylation sites (tertiary alicyclic amines) is 1. The van der Waals surface area contributed by atoms with E-state index >= 15 is 0 Å². The van der Waals surface area contributed by atoms with Crippen molar-refractivity contribution in [3.63, 3.8) is 0 Å². The fourth-order valence-electron chi connectivity index (χ4n) is 3.63.